The number of amides is 1. The number of aliphatic hydroxyl groups excluding tert-OH is 11. The quantitative estimate of drug-likeness (QED) is 0.0199. The van der Waals surface area contributed by atoms with Crippen molar-refractivity contribution in [2.75, 3.05) is 26.4 Å². The lowest BCUT2D eigenvalue weighted by atomic mass is 9.96. The van der Waals surface area contributed by atoms with E-state index in [2.05, 4.69) is 43.5 Å². The summed E-state index contributed by atoms with van der Waals surface area (Å²) in [5.74, 6) is -0.280. The van der Waals surface area contributed by atoms with E-state index in [4.69, 9.17) is 28.4 Å². The first-order valence-corrected chi connectivity index (χ1v) is 39.2. The Balaban J connectivity index is 1.39. The van der Waals surface area contributed by atoms with E-state index in [1.54, 1.807) is 6.08 Å². The largest absolute Gasteiger partial charge is 0.394 e. The Morgan fingerprint density at radius 1 is 0.365 bits per heavy atom. The first-order chi connectivity index (χ1) is 46.8. The molecule has 564 valence electrons. The third-order valence-electron chi connectivity index (χ3n) is 19.7. The molecule has 3 saturated heterocycles. The highest BCUT2D eigenvalue weighted by atomic mass is 16.8. The number of aliphatic hydroxyl groups is 11. The molecule has 17 unspecified atom stereocenters. The maximum absolute atomic E-state index is 13.5. The second kappa shape index (κ2) is 58.5. The van der Waals surface area contributed by atoms with Crippen molar-refractivity contribution in [1.82, 2.24) is 5.32 Å². The predicted octanol–water partition coefficient (Wildman–Crippen LogP) is 12.3. The minimum atomic E-state index is -1.98. The molecule has 0 saturated carbocycles. The Morgan fingerprint density at radius 3 is 1.04 bits per heavy atom. The van der Waals surface area contributed by atoms with E-state index in [1.165, 1.54) is 244 Å². The molecule has 3 aliphatic rings. The summed E-state index contributed by atoms with van der Waals surface area (Å²) in [6, 6.07) is -0.990. The third kappa shape index (κ3) is 38.9. The van der Waals surface area contributed by atoms with Crippen LogP contribution in [0.25, 0.3) is 0 Å². The molecule has 0 aromatic carbocycles. The number of carbonyl (C=O) groups is 1. The SMILES string of the molecule is CCCCCCCCCC/C=C\CCCCCCCCCCCCCCCCCCCC(=O)NC(COC1OC(CO)C(OC2OC(CO)C(OC3OC(CO)C(O)C(O)C3O)C(O)C2O)C(O)C1O)C(O)/C=C/CC/C=C/CCCCCCCCCCCCCCCCCC. The van der Waals surface area contributed by atoms with Gasteiger partial charge >= 0.3 is 0 Å². The van der Waals surface area contributed by atoms with Crippen LogP contribution in [0.15, 0.2) is 36.5 Å². The molecule has 3 rings (SSSR count). The second-order valence-corrected chi connectivity index (χ2v) is 28.2. The van der Waals surface area contributed by atoms with Crippen LogP contribution in [0, 0.1) is 0 Å². The van der Waals surface area contributed by atoms with Crippen molar-refractivity contribution in [1.29, 1.82) is 0 Å². The first kappa shape index (κ1) is 88.2. The minimum Gasteiger partial charge on any atom is -0.394 e. The molecule has 17 atom stereocenters. The van der Waals surface area contributed by atoms with Gasteiger partial charge in [0.1, 0.15) is 73.2 Å². The van der Waals surface area contributed by atoms with Gasteiger partial charge in [-0.15, -0.1) is 0 Å². The number of allylic oxidation sites excluding steroid dienone is 5. The molecule has 0 aromatic rings. The van der Waals surface area contributed by atoms with Crippen LogP contribution in [0.4, 0.5) is 0 Å². The van der Waals surface area contributed by atoms with Crippen molar-refractivity contribution in [3.63, 3.8) is 0 Å². The third-order valence-corrected chi connectivity index (χ3v) is 19.7. The number of hydrogen-bond donors (Lipinski definition) is 12. The van der Waals surface area contributed by atoms with Crippen molar-refractivity contribution in [2.45, 2.75) is 420 Å². The highest BCUT2D eigenvalue weighted by molar-refractivity contribution is 5.76. The first-order valence-electron chi connectivity index (χ1n) is 39.2. The molecule has 19 heteroatoms. The molecule has 19 nitrogen and oxygen atoms in total. The van der Waals surface area contributed by atoms with Gasteiger partial charge in [0.25, 0.3) is 0 Å². The number of nitrogens with one attached hydrogen (secondary N) is 1. The van der Waals surface area contributed by atoms with Gasteiger partial charge in [-0.05, 0) is 57.8 Å². The zero-order valence-corrected chi connectivity index (χ0v) is 60.1. The normalized spacial score (nSPS) is 27.2. The van der Waals surface area contributed by atoms with E-state index in [-0.39, 0.29) is 18.9 Å². The number of unbranched alkanes of at least 4 members (excludes halogenated alkanes) is 42. The van der Waals surface area contributed by atoms with E-state index in [9.17, 15) is 61.0 Å². The van der Waals surface area contributed by atoms with Gasteiger partial charge in [-0.3, -0.25) is 4.79 Å². The van der Waals surface area contributed by atoms with Crippen LogP contribution >= 0.6 is 0 Å². The fourth-order valence-corrected chi connectivity index (χ4v) is 13.3. The molecule has 0 bridgehead atoms. The second-order valence-electron chi connectivity index (χ2n) is 28.2. The van der Waals surface area contributed by atoms with Crippen molar-refractivity contribution in [2.24, 2.45) is 0 Å². The summed E-state index contributed by atoms with van der Waals surface area (Å²) in [6.07, 6.45) is 44.2. The maximum Gasteiger partial charge on any atom is 0.220 e. The molecule has 0 spiro atoms. The summed E-state index contributed by atoms with van der Waals surface area (Å²) in [7, 11) is 0. The molecular weight excluding hydrogens is 1230 g/mol. The van der Waals surface area contributed by atoms with Crippen LogP contribution in [0.3, 0.4) is 0 Å². The zero-order valence-electron chi connectivity index (χ0n) is 60.1. The van der Waals surface area contributed by atoms with Crippen LogP contribution in [0.2, 0.25) is 0 Å². The van der Waals surface area contributed by atoms with Crippen LogP contribution in [-0.2, 0) is 33.2 Å². The van der Waals surface area contributed by atoms with Crippen LogP contribution in [-0.4, -0.2) is 193 Å². The molecule has 12 N–H and O–H groups in total. The van der Waals surface area contributed by atoms with Crippen LogP contribution in [0.5, 0.6) is 0 Å². The molecule has 96 heavy (non-hydrogen) atoms. The van der Waals surface area contributed by atoms with Gasteiger partial charge in [0.15, 0.2) is 18.9 Å². The molecule has 3 aliphatic heterocycles. The maximum atomic E-state index is 13.5. The Hall–Kier alpha value is -1.99. The molecular formula is C77H143NO18. The fraction of sp³-hybridized carbons (Fsp3) is 0.909. The average Bonchev–Trinajstić information content (AvgIpc) is 0.787. The van der Waals surface area contributed by atoms with Crippen molar-refractivity contribution in [3.8, 4) is 0 Å². The van der Waals surface area contributed by atoms with Crippen LogP contribution in [0.1, 0.15) is 316 Å². The zero-order chi connectivity index (χ0) is 69.6. The van der Waals surface area contributed by atoms with Crippen molar-refractivity contribution < 1.29 is 89.4 Å². The summed E-state index contributed by atoms with van der Waals surface area (Å²) in [6.45, 7) is 1.76. The summed E-state index contributed by atoms with van der Waals surface area (Å²) in [5, 5.41) is 121. The molecule has 3 fully saturated rings. The molecule has 1 amide bonds. The molecule has 0 aromatic heterocycles. The summed E-state index contributed by atoms with van der Waals surface area (Å²) >= 11 is 0. The van der Waals surface area contributed by atoms with Gasteiger partial charge in [0.05, 0.1) is 38.6 Å². The Morgan fingerprint density at radius 2 is 0.667 bits per heavy atom. The van der Waals surface area contributed by atoms with E-state index in [1.807, 2.05) is 6.08 Å². The smallest absolute Gasteiger partial charge is 0.220 e. The number of carbonyl (C=O) groups excluding carboxylic acids is 1. The fourth-order valence-electron chi connectivity index (χ4n) is 13.3. The predicted molar refractivity (Wildman–Crippen MR) is 379 cm³/mol. The molecule has 3 heterocycles. The molecule has 0 aliphatic carbocycles. The Labute approximate surface area is 581 Å². The van der Waals surface area contributed by atoms with Gasteiger partial charge in [-0.2, -0.15) is 0 Å². The van der Waals surface area contributed by atoms with E-state index in [0.717, 1.165) is 38.5 Å². The monoisotopic (exact) mass is 1370 g/mol. The topological polar surface area (TPSA) is 307 Å². The van der Waals surface area contributed by atoms with Gasteiger partial charge in [0.2, 0.25) is 5.91 Å². The summed E-state index contributed by atoms with van der Waals surface area (Å²) < 4.78 is 34.4. The molecule has 0 radical (unpaired) electrons. The highest BCUT2D eigenvalue weighted by Crippen LogP contribution is 2.33. The minimum absolute atomic E-state index is 0.239. The Kier molecular flexibility index (Phi) is 53.8. The van der Waals surface area contributed by atoms with E-state index < -0.39 is 124 Å². The lowest BCUT2D eigenvalue weighted by Gasteiger charge is -2.48. The van der Waals surface area contributed by atoms with Crippen molar-refractivity contribution in [3.05, 3.63) is 36.5 Å². The van der Waals surface area contributed by atoms with Gasteiger partial charge in [0, 0.05) is 6.42 Å². The average molecular weight is 1370 g/mol. The number of ether oxygens (including phenoxy) is 6. The van der Waals surface area contributed by atoms with E-state index >= 15 is 0 Å². The summed E-state index contributed by atoms with van der Waals surface area (Å²) in [4.78, 5) is 13.5. The van der Waals surface area contributed by atoms with Gasteiger partial charge in [-0.1, -0.05) is 288 Å². The van der Waals surface area contributed by atoms with Gasteiger partial charge < -0.3 is 89.9 Å². The number of hydrogen-bond acceptors (Lipinski definition) is 18. The Bertz CT molecular complexity index is 1880. The summed E-state index contributed by atoms with van der Waals surface area (Å²) in [5.41, 5.74) is 0. The lowest BCUT2D eigenvalue weighted by molar-refractivity contribution is -0.379. The van der Waals surface area contributed by atoms with Crippen LogP contribution < -0.4 is 5.32 Å². The number of rotatable bonds is 62. The van der Waals surface area contributed by atoms with Gasteiger partial charge in [-0.25, -0.2) is 0 Å². The lowest BCUT2D eigenvalue weighted by Crippen LogP contribution is -2.66. The van der Waals surface area contributed by atoms with E-state index in [0.29, 0.717) is 12.8 Å². The standard InChI is InChI=1S/C77H143NO18/c1-3-5-7-9-11-13-15-17-19-21-23-25-27-28-29-30-31-32-33-35-37-39-41-43-45-47-49-51-53-55-65(83)78-60(61(82)54-52-50-48-46-44-42-40-38-36-34-26-24-22-20-18-16-14-12-10-8-6-4-2)59-91-75-71(89)68(86)73(63(57-80)93-75)96-77-72(90)69(87)74(64(58-81)94-77)95-76-70(88)67(85)66(84)62(56-79)92-76/h21,23,44,46,52,54,60-64,66-77,79-82,84-90H,3-20,22,24-43,45,47-51,53,55-59H2,1-2H3,(H,78,83)/b23-21-,46-44+,54-52+. The van der Waals surface area contributed by atoms with Crippen molar-refractivity contribution >= 4 is 5.91 Å². The highest BCUT2D eigenvalue weighted by Gasteiger charge is 2.53.